The van der Waals surface area contributed by atoms with Crippen molar-refractivity contribution in [1.82, 2.24) is 14.5 Å². The number of anilines is 4. The van der Waals surface area contributed by atoms with E-state index in [-0.39, 0.29) is 40.6 Å². The van der Waals surface area contributed by atoms with Gasteiger partial charge in [-0.15, -0.1) is 0 Å². The number of nitrogens with zero attached hydrogens (tertiary/aromatic N) is 4. The zero-order chi connectivity index (χ0) is 30.3. The molecular formula is C29H36F2N6O5S. The Kier molecular flexibility index (Phi) is 8.26. The Bertz CT molecular complexity index is 1610. The van der Waals surface area contributed by atoms with Crippen LogP contribution in [0.4, 0.5) is 31.7 Å². The molecule has 1 amide bonds. The highest BCUT2D eigenvalue weighted by molar-refractivity contribution is 7.92. The SMILES string of the molecule is CN(c1cc(C2CCCCO2)ccc1Nc1cc(NC(=O)C2CC2)nc2c1nc(C(F)F)n2C1CCCCO1)S(C)(=O)=O. The summed E-state index contributed by atoms with van der Waals surface area (Å²) >= 11 is 0. The van der Waals surface area contributed by atoms with E-state index in [2.05, 4.69) is 20.6 Å². The normalized spacial score (nSPS) is 21.2. The summed E-state index contributed by atoms with van der Waals surface area (Å²) in [5.41, 5.74) is 2.18. The number of carbonyl (C=O) groups excluding carboxylic acids is 1. The third-order valence-corrected chi connectivity index (χ3v) is 9.38. The van der Waals surface area contributed by atoms with Gasteiger partial charge in [-0.3, -0.25) is 13.7 Å². The predicted octanol–water partition coefficient (Wildman–Crippen LogP) is 5.80. The molecule has 2 aromatic heterocycles. The molecule has 2 N–H and O–H groups in total. The van der Waals surface area contributed by atoms with Crippen molar-refractivity contribution in [2.45, 2.75) is 70.1 Å². The first-order valence-corrected chi connectivity index (χ1v) is 16.5. The number of alkyl halides is 2. The lowest BCUT2D eigenvalue weighted by Crippen LogP contribution is -2.26. The molecule has 3 fully saturated rings. The first-order valence-electron chi connectivity index (χ1n) is 14.7. The smallest absolute Gasteiger partial charge is 0.295 e. The zero-order valence-electron chi connectivity index (χ0n) is 24.2. The Morgan fingerprint density at radius 2 is 1.77 bits per heavy atom. The fourth-order valence-electron chi connectivity index (χ4n) is 5.62. The monoisotopic (exact) mass is 618 g/mol. The number of nitrogens with one attached hydrogen (secondary N) is 2. The predicted molar refractivity (Wildman–Crippen MR) is 158 cm³/mol. The van der Waals surface area contributed by atoms with Crippen LogP contribution in [-0.4, -0.2) is 55.4 Å². The van der Waals surface area contributed by atoms with E-state index in [1.54, 1.807) is 18.2 Å². The van der Waals surface area contributed by atoms with E-state index in [0.717, 1.165) is 61.1 Å². The highest BCUT2D eigenvalue weighted by atomic mass is 32.2. The Hall–Kier alpha value is -3.36. The fraction of sp³-hybridized carbons (Fsp3) is 0.552. The van der Waals surface area contributed by atoms with Crippen molar-refractivity contribution in [3.63, 3.8) is 0 Å². The molecule has 6 rings (SSSR count). The van der Waals surface area contributed by atoms with Crippen molar-refractivity contribution in [3.05, 3.63) is 35.7 Å². The van der Waals surface area contributed by atoms with Crippen LogP contribution < -0.4 is 14.9 Å². The van der Waals surface area contributed by atoms with Crippen molar-refractivity contribution >= 4 is 50.0 Å². The molecule has 43 heavy (non-hydrogen) atoms. The molecule has 3 aromatic rings. The lowest BCUT2D eigenvalue weighted by atomic mass is 10.0. The van der Waals surface area contributed by atoms with Gasteiger partial charge in [0.1, 0.15) is 17.6 Å². The molecule has 1 aliphatic carbocycles. The van der Waals surface area contributed by atoms with Gasteiger partial charge in [0.05, 0.1) is 29.4 Å². The molecule has 2 atom stereocenters. The number of fused-ring (bicyclic) bond motifs is 1. The number of imidazole rings is 1. The molecule has 1 saturated carbocycles. The van der Waals surface area contributed by atoms with Crippen LogP contribution in [0.5, 0.6) is 0 Å². The first-order chi connectivity index (χ1) is 20.6. The van der Waals surface area contributed by atoms with Crippen LogP contribution in [0.3, 0.4) is 0 Å². The molecule has 11 nitrogen and oxygen atoms in total. The number of carbonyl (C=O) groups is 1. The number of rotatable bonds is 9. The number of ether oxygens (including phenoxy) is 2. The lowest BCUT2D eigenvalue weighted by molar-refractivity contribution is -0.117. The van der Waals surface area contributed by atoms with Gasteiger partial charge in [0, 0.05) is 32.2 Å². The molecule has 232 valence electrons. The molecule has 2 saturated heterocycles. The molecule has 2 aliphatic heterocycles. The minimum absolute atomic E-state index is 0.110. The van der Waals surface area contributed by atoms with Gasteiger partial charge < -0.3 is 20.1 Å². The molecule has 0 bridgehead atoms. The summed E-state index contributed by atoms with van der Waals surface area (Å²) in [4.78, 5) is 21.6. The summed E-state index contributed by atoms with van der Waals surface area (Å²) in [6, 6.07) is 6.92. The highest BCUT2D eigenvalue weighted by Gasteiger charge is 2.32. The van der Waals surface area contributed by atoms with Crippen LogP contribution in [0.25, 0.3) is 11.2 Å². The quantitative estimate of drug-likeness (QED) is 0.308. The maximum atomic E-state index is 14.4. The number of pyridine rings is 1. The van der Waals surface area contributed by atoms with Crippen LogP contribution in [0, 0.1) is 5.92 Å². The Labute approximate surface area is 249 Å². The average Bonchev–Trinajstić information content (AvgIpc) is 3.78. The second-order valence-corrected chi connectivity index (χ2v) is 13.5. The topological polar surface area (TPSA) is 128 Å². The third kappa shape index (κ3) is 6.31. The molecule has 14 heteroatoms. The minimum Gasteiger partial charge on any atom is -0.374 e. The van der Waals surface area contributed by atoms with Gasteiger partial charge in [0.2, 0.25) is 15.9 Å². The Morgan fingerprint density at radius 1 is 1.02 bits per heavy atom. The van der Waals surface area contributed by atoms with E-state index in [1.165, 1.54) is 11.6 Å². The maximum Gasteiger partial charge on any atom is 0.295 e. The van der Waals surface area contributed by atoms with E-state index in [1.807, 2.05) is 6.07 Å². The maximum absolute atomic E-state index is 14.4. The van der Waals surface area contributed by atoms with Crippen molar-refractivity contribution in [1.29, 1.82) is 0 Å². The summed E-state index contributed by atoms with van der Waals surface area (Å²) in [5.74, 6) is -0.612. The van der Waals surface area contributed by atoms with Gasteiger partial charge in [-0.05, 0) is 69.1 Å². The zero-order valence-corrected chi connectivity index (χ0v) is 25.0. The number of amides is 1. The van der Waals surface area contributed by atoms with Crippen LogP contribution in [0.2, 0.25) is 0 Å². The van der Waals surface area contributed by atoms with Gasteiger partial charge in [-0.1, -0.05) is 6.07 Å². The second kappa shape index (κ2) is 12.0. The second-order valence-electron chi connectivity index (χ2n) is 11.4. The Balaban J connectivity index is 1.48. The summed E-state index contributed by atoms with van der Waals surface area (Å²) < 4.78 is 68.4. The number of hydrogen-bond donors (Lipinski definition) is 2. The number of halogens is 2. The van der Waals surface area contributed by atoms with Gasteiger partial charge in [0.15, 0.2) is 11.5 Å². The van der Waals surface area contributed by atoms with Gasteiger partial charge >= 0.3 is 0 Å². The summed E-state index contributed by atoms with van der Waals surface area (Å²) in [7, 11) is -2.21. The number of benzene rings is 1. The first kappa shape index (κ1) is 29.7. The molecule has 1 aromatic carbocycles. The number of hydrogen-bond acceptors (Lipinski definition) is 8. The number of aromatic nitrogens is 3. The number of sulfonamides is 1. The summed E-state index contributed by atoms with van der Waals surface area (Å²) in [5, 5.41) is 6.06. The van der Waals surface area contributed by atoms with E-state index in [9.17, 15) is 22.0 Å². The van der Waals surface area contributed by atoms with Crippen molar-refractivity contribution in [2.24, 2.45) is 5.92 Å². The van der Waals surface area contributed by atoms with Crippen LogP contribution >= 0.6 is 0 Å². The van der Waals surface area contributed by atoms with Crippen molar-refractivity contribution in [3.8, 4) is 0 Å². The van der Waals surface area contributed by atoms with E-state index in [0.29, 0.717) is 31.0 Å². The Morgan fingerprint density at radius 3 is 2.40 bits per heavy atom. The molecule has 0 radical (unpaired) electrons. The molecule has 3 aliphatic rings. The van der Waals surface area contributed by atoms with Crippen molar-refractivity contribution in [2.75, 3.05) is 41.5 Å². The van der Waals surface area contributed by atoms with E-state index < -0.39 is 28.5 Å². The van der Waals surface area contributed by atoms with Crippen LogP contribution in [0.15, 0.2) is 24.3 Å². The van der Waals surface area contributed by atoms with Crippen LogP contribution in [-0.2, 0) is 24.3 Å². The van der Waals surface area contributed by atoms with E-state index in [4.69, 9.17) is 9.47 Å². The minimum atomic E-state index is -3.67. The van der Waals surface area contributed by atoms with Crippen LogP contribution in [0.1, 0.15) is 81.5 Å². The summed E-state index contributed by atoms with van der Waals surface area (Å²) in [6.45, 7) is 1.06. The van der Waals surface area contributed by atoms with Gasteiger partial charge in [0.25, 0.3) is 6.43 Å². The van der Waals surface area contributed by atoms with Gasteiger partial charge in [-0.25, -0.2) is 27.2 Å². The van der Waals surface area contributed by atoms with Crippen molar-refractivity contribution < 1.29 is 31.5 Å². The third-order valence-electron chi connectivity index (χ3n) is 8.19. The molecule has 2 unspecified atom stereocenters. The average molecular weight is 619 g/mol. The standard InChI is InChI=1S/C29H36F2N6O5S/c1-36(43(2,39)40)21-15-18(22-7-3-5-13-41-22)11-12-19(21)32-20-16-23(34-29(38)17-9-10-17)33-27-25(20)35-28(26(30)31)37(27)24-8-4-6-14-42-24/h11-12,15-17,22,24,26H,3-10,13-14H2,1-2H3,(H2,32,33,34,38). The van der Waals surface area contributed by atoms with Gasteiger partial charge in [-0.2, -0.15) is 0 Å². The largest absolute Gasteiger partial charge is 0.374 e. The lowest BCUT2D eigenvalue weighted by Gasteiger charge is -2.27. The van der Waals surface area contributed by atoms with E-state index >= 15 is 0 Å². The molecule has 4 heterocycles. The molecular weight excluding hydrogens is 582 g/mol. The molecule has 0 spiro atoms. The highest BCUT2D eigenvalue weighted by Crippen LogP contribution is 2.40. The summed E-state index contributed by atoms with van der Waals surface area (Å²) in [6.07, 6.45) is 3.87. The fourth-order valence-corrected chi connectivity index (χ4v) is 6.13.